The van der Waals surface area contributed by atoms with Crippen LogP contribution in [0.5, 0.6) is 5.75 Å². The molecule has 90 valence electrons. The number of sulfone groups is 1. The minimum Gasteiger partial charge on any atom is -0.485 e. The number of halogens is 1. The molecule has 4 nitrogen and oxygen atoms in total. The molecule has 6 heteroatoms. The molecule has 0 atom stereocenters. The van der Waals surface area contributed by atoms with E-state index in [1.807, 2.05) is 0 Å². The zero-order valence-electron chi connectivity index (χ0n) is 9.05. The molecule has 1 aromatic rings. The lowest BCUT2D eigenvalue weighted by Crippen LogP contribution is -2.14. The lowest BCUT2D eigenvalue weighted by atomic mass is 10.3. The molecular formula is C11H10FNO3S. The lowest BCUT2D eigenvalue weighted by Gasteiger charge is -2.07. The molecule has 0 unspecified atom stereocenters. The molecule has 0 amide bonds. The van der Waals surface area contributed by atoms with Gasteiger partial charge in [-0.25, -0.2) is 17.8 Å². The third-order valence-electron chi connectivity index (χ3n) is 2.33. The van der Waals surface area contributed by atoms with E-state index in [0.717, 1.165) is 0 Å². The minimum absolute atomic E-state index is 0.0214. The van der Waals surface area contributed by atoms with E-state index in [1.165, 1.54) is 31.3 Å². The number of ether oxygens (including phenoxy) is 1. The highest BCUT2D eigenvalue weighted by Crippen LogP contribution is 2.20. The first-order chi connectivity index (χ1) is 8.01. The average Bonchev–Trinajstić information content (AvgIpc) is 2.54. The van der Waals surface area contributed by atoms with Gasteiger partial charge in [-0.1, -0.05) is 12.1 Å². The molecule has 0 radical (unpaired) electrons. The van der Waals surface area contributed by atoms with Crippen molar-refractivity contribution in [1.82, 2.24) is 0 Å². The number of benzene rings is 1. The van der Waals surface area contributed by atoms with Gasteiger partial charge in [0.1, 0.15) is 16.6 Å². The molecule has 2 rings (SSSR count). The first-order valence-electron chi connectivity index (χ1n) is 4.87. The highest BCUT2D eigenvalue weighted by atomic mass is 32.2. The van der Waals surface area contributed by atoms with Crippen molar-refractivity contribution in [3.8, 4) is 5.75 Å². The SMILES string of the molecule is CC1=NC=C(COc2ccccc2F)S1(=O)=O. The highest BCUT2D eigenvalue weighted by Gasteiger charge is 2.26. The minimum atomic E-state index is -3.49. The third-order valence-corrected chi connectivity index (χ3v) is 4.13. The maximum absolute atomic E-state index is 13.2. The van der Waals surface area contributed by atoms with Gasteiger partial charge >= 0.3 is 0 Å². The van der Waals surface area contributed by atoms with Crippen molar-refractivity contribution >= 4 is 14.9 Å². The molecule has 0 saturated heterocycles. The summed E-state index contributed by atoms with van der Waals surface area (Å²) >= 11 is 0. The Morgan fingerprint density at radius 1 is 1.35 bits per heavy atom. The van der Waals surface area contributed by atoms with Gasteiger partial charge in [-0.3, -0.25) is 0 Å². The van der Waals surface area contributed by atoms with Crippen LogP contribution in [0.2, 0.25) is 0 Å². The Morgan fingerprint density at radius 3 is 2.65 bits per heavy atom. The van der Waals surface area contributed by atoms with E-state index in [2.05, 4.69) is 4.99 Å². The second kappa shape index (κ2) is 4.29. The first-order valence-corrected chi connectivity index (χ1v) is 6.36. The third kappa shape index (κ3) is 2.21. The number of hydrogen-bond donors (Lipinski definition) is 0. The summed E-state index contributed by atoms with van der Waals surface area (Å²) in [5, 5.41) is 0.0321. The molecule has 1 heterocycles. The standard InChI is InChI=1S/C11H10FNO3S/c1-8-13-6-9(17(8,14)15)7-16-11-5-3-2-4-10(11)12/h2-6H,7H2,1H3. The molecule has 0 N–H and O–H groups in total. The van der Waals surface area contributed by atoms with Crippen molar-refractivity contribution in [2.45, 2.75) is 6.92 Å². The highest BCUT2D eigenvalue weighted by molar-refractivity contribution is 8.09. The monoisotopic (exact) mass is 255 g/mol. The molecule has 0 saturated carbocycles. The van der Waals surface area contributed by atoms with Crippen LogP contribution in [0, 0.1) is 5.82 Å². The van der Waals surface area contributed by atoms with E-state index in [-0.39, 0.29) is 22.3 Å². The van der Waals surface area contributed by atoms with Crippen LogP contribution in [0.25, 0.3) is 0 Å². The second-order valence-corrected chi connectivity index (χ2v) is 5.59. The summed E-state index contributed by atoms with van der Waals surface area (Å²) in [5.74, 6) is -0.505. The Labute approximate surface area is 98.4 Å². The van der Waals surface area contributed by atoms with Crippen LogP contribution in [0.4, 0.5) is 4.39 Å². The smallest absolute Gasteiger partial charge is 0.220 e. The fourth-order valence-electron chi connectivity index (χ4n) is 1.32. The van der Waals surface area contributed by atoms with Crippen molar-refractivity contribution in [2.24, 2.45) is 4.99 Å². The van der Waals surface area contributed by atoms with Crippen LogP contribution >= 0.6 is 0 Å². The molecule has 0 aliphatic carbocycles. The maximum atomic E-state index is 13.2. The molecular weight excluding hydrogens is 245 g/mol. The van der Waals surface area contributed by atoms with Crippen LogP contribution in [-0.2, 0) is 9.84 Å². The van der Waals surface area contributed by atoms with E-state index >= 15 is 0 Å². The van der Waals surface area contributed by atoms with Crippen LogP contribution < -0.4 is 4.74 Å². The summed E-state index contributed by atoms with van der Waals surface area (Å²) in [7, 11) is -3.49. The number of hydrogen-bond acceptors (Lipinski definition) is 4. The predicted octanol–water partition coefficient (Wildman–Crippen LogP) is 1.89. The Bertz CT molecular complexity index is 605. The van der Waals surface area contributed by atoms with Gasteiger partial charge in [0, 0.05) is 6.20 Å². The van der Waals surface area contributed by atoms with Gasteiger partial charge in [-0.2, -0.15) is 0 Å². The molecule has 1 aliphatic rings. The van der Waals surface area contributed by atoms with Crippen molar-refractivity contribution in [3.63, 3.8) is 0 Å². The summed E-state index contributed by atoms with van der Waals surface area (Å²) in [6.45, 7) is 1.19. The fraction of sp³-hybridized carbons (Fsp3) is 0.182. The molecule has 0 spiro atoms. The quantitative estimate of drug-likeness (QED) is 0.828. The summed E-state index contributed by atoms with van der Waals surface area (Å²) < 4.78 is 41.6. The topological polar surface area (TPSA) is 55.7 Å². The molecule has 0 aromatic heterocycles. The van der Waals surface area contributed by atoms with Gasteiger partial charge < -0.3 is 4.74 Å². The van der Waals surface area contributed by atoms with Crippen molar-refractivity contribution in [2.75, 3.05) is 6.61 Å². The maximum Gasteiger partial charge on any atom is 0.220 e. The van der Waals surface area contributed by atoms with E-state index in [9.17, 15) is 12.8 Å². The zero-order valence-corrected chi connectivity index (χ0v) is 9.87. The Morgan fingerprint density at radius 2 is 2.06 bits per heavy atom. The fourth-order valence-corrected chi connectivity index (χ4v) is 2.29. The molecule has 17 heavy (non-hydrogen) atoms. The van der Waals surface area contributed by atoms with Gasteiger partial charge in [0.2, 0.25) is 9.84 Å². The first kappa shape index (κ1) is 11.8. The number of aliphatic imine (C=N–C) groups is 1. The van der Waals surface area contributed by atoms with E-state index in [4.69, 9.17) is 4.74 Å². The summed E-state index contributed by atoms with van der Waals surface area (Å²) in [6, 6.07) is 5.82. The average molecular weight is 255 g/mol. The molecule has 1 aromatic carbocycles. The Balaban J connectivity index is 2.10. The Hall–Kier alpha value is -1.69. The summed E-state index contributed by atoms with van der Waals surface area (Å²) in [5.41, 5.74) is 0. The van der Waals surface area contributed by atoms with Crippen molar-refractivity contribution < 1.29 is 17.5 Å². The molecule has 0 bridgehead atoms. The molecule has 1 aliphatic heterocycles. The second-order valence-electron chi connectivity index (χ2n) is 3.47. The van der Waals surface area contributed by atoms with Gasteiger partial charge in [0.05, 0.1) is 0 Å². The molecule has 0 fully saturated rings. The lowest BCUT2D eigenvalue weighted by molar-refractivity contribution is 0.337. The van der Waals surface area contributed by atoms with Crippen LogP contribution in [0.1, 0.15) is 6.92 Å². The van der Waals surface area contributed by atoms with E-state index in [0.29, 0.717) is 0 Å². The van der Waals surface area contributed by atoms with E-state index < -0.39 is 15.7 Å². The van der Waals surface area contributed by atoms with Crippen LogP contribution in [0.3, 0.4) is 0 Å². The Kier molecular flexibility index (Phi) is 2.97. The van der Waals surface area contributed by atoms with Crippen molar-refractivity contribution in [3.05, 3.63) is 41.2 Å². The van der Waals surface area contributed by atoms with E-state index in [1.54, 1.807) is 6.07 Å². The van der Waals surface area contributed by atoms with Gasteiger partial charge in [0.15, 0.2) is 11.6 Å². The normalized spacial score (nSPS) is 17.5. The van der Waals surface area contributed by atoms with Crippen molar-refractivity contribution in [1.29, 1.82) is 0 Å². The zero-order chi connectivity index (χ0) is 12.5. The predicted molar refractivity (Wildman–Crippen MR) is 62.0 cm³/mol. The number of nitrogens with zero attached hydrogens (tertiary/aromatic N) is 1. The van der Waals surface area contributed by atoms with Crippen LogP contribution in [-0.4, -0.2) is 20.1 Å². The van der Waals surface area contributed by atoms with Gasteiger partial charge in [-0.05, 0) is 19.1 Å². The number of para-hydroxylation sites is 1. The summed E-state index contributed by atoms with van der Waals surface area (Å²) in [6.07, 6.45) is 1.23. The van der Waals surface area contributed by atoms with Crippen LogP contribution in [0.15, 0.2) is 40.4 Å². The largest absolute Gasteiger partial charge is 0.485 e. The number of rotatable bonds is 3. The van der Waals surface area contributed by atoms with Gasteiger partial charge in [-0.15, -0.1) is 0 Å². The summed E-state index contributed by atoms with van der Waals surface area (Å²) in [4.78, 5) is 3.74. The van der Waals surface area contributed by atoms with Gasteiger partial charge in [0.25, 0.3) is 0 Å².